The smallest absolute Gasteiger partial charge is 0.313 e. The fraction of sp³-hybridized carbons (Fsp3) is 0.375. The Hall–Kier alpha value is -3.15. The molecule has 0 spiro atoms. The zero-order valence-electron chi connectivity index (χ0n) is 18.5. The molecule has 0 bridgehead atoms. The van der Waals surface area contributed by atoms with Gasteiger partial charge >= 0.3 is 11.8 Å². The van der Waals surface area contributed by atoms with Crippen molar-refractivity contribution in [1.29, 1.82) is 0 Å². The van der Waals surface area contributed by atoms with Gasteiger partial charge in [-0.05, 0) is 47.6 Å². The van der Waals surface area contributed by atoms with Crippen molar-refractivity contribution >= 4 is 29.1 Å². The number of hydrogen-bond donors (Lipinski definition) is 3. The van der Waals surface area contributed by atoms with Crippen LogP contribution >= 0.6 is 0 Å². The predicted molar refractivity (Wildman–Crippen MR) is 120 cm³/mol. The van der Waals surface area contributed by atoms with Gasteiger partial charge in [-0.2, -0.15) is 0 Å². The van der Waals surface area contributed by atoms with Crippen molar-refractivity contribution < 1.29 is 14.4 Å². The molecule has 1 unspecified atom stereocenters. The van der Waals surface area contributed by atoms with Crippen molar-refractivity contribution in [3.8, 4) is 0 Å². The van der Waals surface area contributed by atoms with Gasteiger partial charge in [-0.1, -0.05) is 58.0 Å². The third-order valence-electron chi connectivity index (χ3n) is 5.01. The number of nitrogens with one attached hydrogen (secondary N) is 3. The van der Waals surface area contributed by atoms with Crippen LogP contribution in [0.25, 0.3) is 0 Å². The minimum atomic E-state index is -0.748. The van der Waals surface area contributed by atoms with E-state index in [0.717, 1.165) is 5.56 Å². The summed E-state index contributed by atoms with van der Waals surface area (Å²) < 4.78 is 0. The molecule has 6 nitrogen and oxygen atoms in total. The number of benzene rings is 2. The Morgan fingerprint density at radius 1 is 0.767 bits per heavy atom. The summed E-state index contributed by atoms with van der Waals surface area (Å²) in [5, 5.41) is 8.19. The molecule has 2 aromatic carbocycles. The standard InChI is InChI=1S/C24H31N3O3/c1-14(2)18-10-12-19(13-11-18)22(15(3)4)27-24(30)23(29)26-21-9-7-8-20(16(21)5)25-17(6)28/h7-15,22H,1-6H3,(H,25,28)(H,26,29)(H,27,30). The van der Waals surface area contributed by atoms with Gasteiger partial charge in [0.25, 0.3) is 0 Å². The topological polar surface area (TPSA) is 87.3 Å². The maximum absolute atomic E-state index is 12.6. The zero-order chi connectivity index (χ0) is 22.4. The van der Waals surface area contributed by atoms with Gasteiger partial charge in [0.2, 0.25) is 5.91 Å². The van der Waals surface area contributed by atoms with E-state index < -0.39 is 11.8 Å². The molecule has 2 aromatic rings. The summed E-state index contributed by atoms with van der Waals surface area (Å²) >= 11 is 0. The second kappa shape index (κ2) is 10.1. The number of carbonyl (C=O) groups excluding carboxylic acids is 3. The summed E-state index contributed by atoms with van der Waals surface area (Å²) in [6, 6.07) is 13.0. The van der Waals surface area contributed by atoms with E-state index in [4.69, 9.17) is 0 Å². The van der Waals surface area contributed by atoms with Gasteiger partial charge in [-0.3, -0.25) is 14.4 Å². The Kier molecular flexibility index (Phi) is 7.75. The molecule has 0 heterocycles. The zero-order valence-corrected chi connectivity index (χ0v) is 18.5. The summed E-state index contributed by atoms with van der Waals surface area (Å²) in [5.74, 6) is -1.12. The van der Waals surface area contributed by atoms with E-state index in [1.54, 1.807) is 25.1 Å². The Labute approximate surface area is 178 Å². The molecule has 0 fully saturated rings. The number of anilines is 2. The molecule has 0 aliphatic heterocycles. The maximum Gasteiger partial charge on any atom is 0.313 e. The first-order chi connectivity index (χ1) is 14.1. The molecule has 30 heavy (non-hydrogen) atoms. The summed E-state index contributed by atoms with van der Waals surface area (Å²) in [6.07, 6.45) is 0. The van der Waals surface area contributed by atoms with Crippen molar-refractivity contribution in [2.45, 2.75) is 53.5 Å². The molecular weight excluding hydrogens is 378 g/mol. The van der Waals surface area contributed by atoms with Crippen molar-refractivity contribution in [2.75, 3.05) is 10.6 Å². The average molecular weight is 410 g/mol. The molecule has 0 aliphatic rings. The highest BCUT2D eigenvalue weighted by Gasteiger charge is 2.23. The quantitative estimate of drug-likeness (QED) is 0.613. The van der Waals surface area contributed by atoms with Gasteiger partial charge in [-0.25, -0.2) is 0 Å². The van der Waals surface area contributed by atoms with Crippen molar-refractivity contribution in [3.05, 3.63) is 59.2 Å². The van der Waals surface area contributed by atoms with E-state index in [0.29, 0.717) is 22.9 Å². The number of amides is 3. The lowest BCUT2D eigenvalue weighted by Crippen LogP contribution is -2.39. The van der Waals surface area contributed by atoms with E-state index >= 15 is 0 Å². The second-order valence-corrected chi connectivity index (χ2v) is 8.13. The van der Waals surface area contributed by atoms with Crippen LogP contribution in [-0.4, -0.2) is 17.7 Å². The van der Waals surface area contributed by atoms with Crippen molar-refractivity contribution in [3.63, 3.8) is 0 Å². The fourth-order valence-electron chi connectivity index (χ4n) is 3.21. The molecule has 2 rings (SSSR count). The fourth-order valence-corrected chi connectivity index (χ4v) is 3.21. The van der Waals surface area contributed by atoms with Crippen LogP contribution in [0.5, 0.6) is 0 Å². The molecule has 0 aliphatic carbocycles. The van der Waals surface area contributed by atoms with Crippen LogP contribution in [0.3, 0.4) is 0 Å². The van der Waals surface area contributed by atoms with Crippen LogP contribution < -0.4 is 16.0 Å². The Morgan fingerprint density at radius 2 is 1.30 bits per heavy atom. The minimum Gasteiger partial charge on any atom is -0.341 e. The van der Waals surface area contributed by atoms with Crippen LogP contribution in [0.4, 0.5) is 11.4 Å². The van der Waals surface area contributed by atoms with Crippen LogP contribution in [0.15, 0.2) is 42.5 Å². The molecule has 0 saturated carbocycles. The molecule has 0 aromatic heterocycles. The van der Waals surface area contributed by atoms with Gasteiger partial charge in [0.1, 0.15) is 0 Å². The van der Waals surface area contributed by atoms with E-state index in [-0.39, 0.29) is 17.9 Å². The summed E-state index contributed by atoms with van der Waals surface area (Å²) in [6.45, 7) is 11.4. The lowest BCUT2D eigenvalue weighted by molar-refractivity contribution is -0.136. The van der Waals surface area contributed by atoms with Crippen molar-refractivity contribution in [2.24, 2.45) is 5.92 Å². The Bertz CT molecular complexity index is 918. The number of carbonyl (C=O) groups is 3. The molecule has 0 radical (unpaired) electrons. The Balaban J connectivity index is 2.13. The average Bonchev–Trinajstić information content (AvgIpc) is 2.68. The monoisotopic (exact) mass is 409 g/mol. The highest BCUT2D eigenvalue weighted by Crippen LogP contribution is 2.25. The van der Waals surface area contributed by atoms with E-state index in [1.807, 2.05) is 26.0 Å². The molecule has 160 valence electrons. The first kappa shape index (κ1) is 23.1. The van der Waals surface area contributed by atoms with Crippen LogP contribution in [0.1, 0.15) is 63.3 Å². The van der Waals surface area contributed by atoms with Gasteiger partial charge < -0.3 is 16.0 Å². The lowest BCUT2D eigenvalue weighted by atomic mass is 9.93. The highest BCUT2D eigenvalue weighted by atomic mass is 16.2. The van der Waals surface area contributed by atoms with Gasteiger partial charge in [0.05, 0.1) is 6.04 Å². The largest absolute Gasteiger partial charge is 0.341 e. The van der Waals surface area contributed by atoms with E-state index in [2.05, 4.69) is 41.9 Å². The third kappa shape index (κ3) is 5.92. The number of rotatable bonds is 6. The van der Waals surface area contributed by atoms with Gasteiger partial charge in [0, 0.05) is 18.3 Å². The molecule has 1 atom stereocenters. The normalized spacial score (nSPS) is 11.9. The molecule has 3 N–H and O–H groups in total. The van der Waals surface area contributed by atoms with Crippen LogP contribution in [-0.2, 0) is 14.4 Å². The highest BCUT2D eigenvalue weighted by molar-refractivity contribution is 6.39. The van der Waals surface area contributed by atoms with Gasteiger partial charge in [0.15, 0.2) is 0 Å². The van der Waals surface area contributed by atoms with E-state index in [9.17, 15) is 14.4 Å². The first-order valence-corrected chi connectivity index (χ1v) is 10.2. The third-order valence-corrected chi connectivity index (χ3v) is 5.01. The molecule has 3 amide bonds. The first-order valence-electron chi connectivity index (χ1n) is 10.2. The van der Waals surface area contributed by atoms with E-state index in [1.165, 1.54) is 12.5 Å². The summed E-state index contributed by atoms with van der Waals surface area (Å²) in [5.41, 5.74) is 3.92. The molecule has 6 heteroatoms. The Morgan fingerprint density at radius 3 is 1.80 bits per heavy atom. The molecule has 0 saturated heterocycles. The molecular formula is C24H31N3O3. The van der Waals surface area contributed by atoms with Crippen LogP contribution in [0, 0.1) is 12.8 Å². The summed E-state index contributed by atoms with van der Waals surface area (Å²) in [4.78, 5) is 36.4. The minimum absolute atomic E-state index is 0.108. The lowest BCUT2D eigenvalue weighted by Gasteiger charge is -2.23. The maximum atomic E-state index is 12.6. The SMILES string of the molecule is CC(=O)Nc1cccc(NC(=O)C(=O)NC(c2ccc(C(C)C)cc2)C(C)C)c1C. The van der Waals surface area contributed by atoms with Gasteiger partial charge in [-0.15, -0.1) is 0 Å². The predicted octanol–water partition coefficient (Wildman–Crippen LogP) is 4.53. The van der Waals surface area contributed by atoms with Crippen molar-refractivity contribution in [1.82, 2.24) is 5.32 Å². The summed E-state index contributed by atoms with van der Waals surface area (Å²) in [7, 11) is 0. The number of hydrogen-bond acceptors (Lipinski definition) is 3. The van der Waals surface area contributed by atoms with Crippen LogP contribution in [0.2, 0.25) is 0 Å². The second-order valence-electron chi connectivity index (χ2n) is 8.13.